The predicted molar refractivity (Wildman–Crippen MR) is 210 cm³/mol. The summed E-state index contributed by atoms with van der Waals surface area (Å²) in [6.07, 6.45) is 3.57. The third-order valence-corrected chi connectivity index (χ3v) is 10.0. The Morgan fingerprint density at radius 2 is 1.28 bits per heavy atom. The molecule has 0 bridgehead atoms. The second-order valence-electron chi connectivity index (χ2n) is 13.7. The maximum absolute atomic E-state index is 6.43. The predicted octanol–water partition coefficient (Wildman–Crippen LogP) is 10.6. The van der Waals surface area contributed by atoms with Crippen molar-refractivity contribution < 1.29 is 25.8 Å². The van der Waals surface area contributed by atoms with Crippen molar-refractivity contribution in [3.05, 3.63) is 143 Å². The molecule has 7 nitrogen and oxygen atoms in total. The molecule has 0 N–H and O–H groups in total. The van der Waals surface area contributed by atoms with Crippen LogP contribution in [0.3, 0.4) is 0 Å². The summed E-state index contributed by atoms with van der Waals surface area (Å²) in [6.45, 7) is 13.0. The zero-order valence-electron chi connectivity index (χ0n) is 30.6. The van der Waals surface area contributed by atoms with E-state index in [1.165, 1.54) is 44.1 Å². The van der Waals surface area contributed by atoms with Gasteiger partial charge in [-0.2, -0.15) is 27.1 Å². The Bertz CT molecular complexity index is 2770. The fraction of sp³-hybridized carbons (Fsp3) is 0.178. The molecular weight excluding hydrogens is 836 g/mol. The second-order valence-corrected chi connectivity index (χ2v) is 13.7. The van der Waals surface area contributed by atoms with Crippen molar-refractivity contribution in [2.24, 2.45) is 0 Å². The average Bonchev–Trinajstić information content (AvgIpc) is 3.82. The van der Waals surface area contributed by atoms with E-state index < -0.39 is 0 Å². The Kier molecular flexibility index (Phi) is 8.78. The van der Waals surface area contributed by atoms with E-state index in [-0.39, 0.29) is 21.1 Å². The van der Waals surface area contributed by atoms with Crippen LogP contribution in [0.4, 0.5) is 0 Å². The molecule has 0 spiro atoms. The Morgan fingerprint density at radius 3 is 1.96 bits per heavy atom. The van der Waals surface area contributed by atoms with Crippen LogP contribution in [0.5, 0.6) is 11.5 Å². The van der Waals surface area contributed by atoms with Gasteiger partial charge in [-0.15, -0.1) is 35.7 Å². The quantitative estimate of drug-likeness (QED) is 0.150. The van der Waals surface area contributed by atoms with Crippen LogP contribution in [0, 0.1) is 39.8 Å². The van der Waals surface area contributed by atoms with E-state index in [1.807, 2.05) is 30.5 Å². The summed E-state index contributed by atoms with van der Waals surface area (Å²) in [5.74, 6) is 1.95. The number of hydrogen-bond acceptors (Lipinski definition) is 4. The summed E-state index contributed by atoms with van der Waals surface area (Å²) in [4.78, 5) is 6.62. The van der Waals surface area contributed by atoms with Crippen LogP contribution >= 0.6 is 0 Å². The second kappa shape index (κ2) is 13.5. The van der Waals surface area contributed by atoms with Gasteiger partial charge in [0, 0.05) is 40.1 Å². The minimum atomic E-state index is 0. The van der Waals surface area contributed by atoms with Crippen LogP contribution in [-0.2, 0) is 33.9 Å². The molecule has 9 aromatic rings. The molecule has 9 rings (SSSR count). The first kappa shape index (κ1) is 34.6. The van der Waals surface area contributed by atoms with Gasteiger partial charge in [0.05, 0.1) is 28.1 Å². The molecule has 0 saturated carbocycles. The van der Waals surface area contributed by atoms with E-state index in [0.717, 1.165) is 63.2 Å². The minimum Gasteiger partial charge on any atom is -0.509 e. The van der Waals surface area contributed by atoms with Crippen molar-refractivity contribution in [2.75, 3.05) is 0 Å². The smallest absolute Gasteiger partial charge is 0.509 e. The Balaban J connectivity index is 0.00000400. The molecular formula is C45H38N6OPt. The number of hydrogen-bond donors (Lipinski definition) is 0. The standard InChI is InChI=1S/C45H38N6O.Pt/c1-7-39-40(8-2)48-51(47-39)32-12-11-13-33(24-32)52-34-16-17-36-35-14-9-10-15-41(35)50(42(36)26-34)43-25-31(18-19-46-43)49-44-29(5)20-27(3)22-37(44)38-23-28(4)21-30(6)45(38)49;/h9-23,25H,7-8H2,1-6H3;/q-2;+2. The molecule has 4 heterocycles. The fourth-order valence-corrected chi connectivity index (χ4v) is 7.89. The van der Waals surface area contributed by atoms with E-state index in [0.29, 0.717) is 11.5 Å². The molecule has 0 fully saturated rings. The van der Waals surface area contributed by atoms with Crippen molar-refractivity contribution in [1.29, 1.82) is 0 Å². The van der Waals surface area contributed by atoms with Crippen molar-refractivity contribution in [3.8, 4) is 28.7 Å². The van der Waals surface area contributed by atoms with E-state index in [9.17, 15) is 0 Å². The fourth-order valence-electron chi connectivity index (χ4n) is 7.89. The topological polar surface area (TPSA) is 62.7 Å². The van der Waals surface area contributed by atoms with E-state index in [1.54, 1.807) is 4.80 Å². The maximum atomic E-state index is 6.43. The summed E-state index contributed by atoms with van der Waals surface area (Å²) in [7, 11) is 0. The molecule has 4 aromatic heterocycles. The number of nitrogens with zero attached hydrogens (tertiary/aromatic N) is 6. The van der Waals surface area contributed by atoms with E-state index in [4.69, 9.17) is 19.9 Å². The summed E-state index contributed by atoms with van der Waals surface area (Å²) < 4.78 is 11.0. The van der Waals surface area contributed by atoms with Crippen LogP contribution in [0.1, 0.15) is 47.5 Å². The molecule has 264 valence electrons. The molecule has 0 unspecified atom stereocenters. The number of para-hydroxylation sites is 1. The van der Waals surface area contributed by atoms with Crippen molar-refractivity contribution in [2.45, 2.75) is 54.4 Å². The first-order valence-corrected chi connectivity index (χ1v) is 17.9. The monoisotopic (exact) mass is 873 g/mol. The number of aromatic nitrogens is 6. The number of aryl methyl sites for hydroxylation is 6. The molecule has 0 atom stereocenters. The first-order chi connectivity index (χ1) is 25.3. The number of ether oxygens (including phenoxy) is 1. The van der Waals surface area contributed by atoms with Gasteiger partial charge in [0.2, 0.25) is 0 Å². The van der Waals surface area contributed by atoms with E-state index >= 15 is 0 Å². The molecule has 53 heavy (non-hydrogen) atoms. The third-order valence-electron chi connectivity index (χ3n) is 10.0. The Hall–Kier alpha value is -5.52. The van der Waals surface area contributed by atoms with Gasteiger partial charge < -0.3 is 13.9 Å². The maximum Gasteiger partial charge on any atom is 2.00 e. The van der Waals surface area contributed by atoms with Gasteiger partial charge in [0.1, 0.15) is 5.82 Å². The molecule has 0 radical (unpaired) electrons. The van der Waals surface area contributed by atoms with Crippen molar-refractivity contribution in [3.63, 3.8) is 0 Å². The van der Waals surface area contributed by atoms with Gasteiger partial charge in [-0.25, -0.2) is 4.98 Å². The SMILES string of the molecule is CCc1nn(-c2[c-]c(Oc3[c-]c4c(cc3)c3ccccc3n4-c3cc(-n4c5c(C)cc(C)cc5c5cc(C)cc(C)c54)ccn3)ccc2)nc1CC.[Pt+2]. The summed E-state index contributed by atoms with van der Waals surface area (Å²) in [5, 5.41) is 14.1. The molecule has 0 amide bonds. The molecule has 0 aliphatic heterocycles. The molecule has 8 heteroatoms. The summed E-state index contributed by atoms with van der Waals surface area (Å²) in [6, 6.07) is 38.7. The summed E-state index contributed by atoms with van der Waals surface area (Å²) in [5.41, 5.74) is 13.2. The van der Waals surface area contributed by atoms with Gasteiger partial charge in [-0.3, -0.25) is 0 Å². The summed E-state index contributed by atoms with van der Waals surface area (Å²) >= 11 is 0. The number of pyridine rings is 1. The first-order valence-electron chi connectivity index (χ1n) is 17.9. The Morgan fingerprint density at radius 1 is 0.623 bits per heavy atom. The molecule has 0 aliphatic carbocycles. The number of rotatable bonds is 7. The van der Waals surface area contributed by atoms with Gasteiger partial charge in [-0.05, 0) is 87.0 Å². The normalized spacial score (nSPS) is 11.6. The van der Waals surface area contributed by atoms with Gasteiger partial charge in [-0.1, -0.05) is 60.8 Å². The largest absolute Gasteiger partial charge is 2.00 e. The van der Waals surface area contributed by atoms with Gasteiger partial charge >= 0.3 is 21.1 Å². The van der Waals surface area contributed by atoms with Crippen molar-refractivity contribution in [1.82, 2.24) is 29.1 Å². The zero-order valence-corrected chi connectivity index (χ0v) is 32.8. The van der Waals surface area contributed by atoms with Gasteiger partial charge in [0.15, 0.2) is 0 Å². The van der Waals surface area contributed by atoms with Gasteiger partial charge in [0.25, 0.3) is 0 Å². The van der Waals surface area contributed by atoms with Crippen LogP contribution in [0.15, 0.2) is 97.2 Å². The third kappa shape index (κ3) is 5.75. The van der Waals surface area contributed by atoms with Crippen LogP contribution < -0.4 is 4.74 Å². The average molecular weight is 874 g/mol. The number of benzene rings is 5. The molecule has 0 aliphatic rings. The molecule has 5 aromatic carbocycles. The minimum absolute atomic E-state index is 0. The zero-order chi connectivity index (χ0) is 35.7. The Labute approximate surface area is 323 Å². The van der Waals surface area contributed by atoms with E-state index in [2.05, 4.69) is 130 Å². The van der Waals surface area contributed by atoms with Crippen molar-refractivity contribution >= 4 is 43.6 Å². The van der Waals surface area contributed by atoms with Crippen LogP contribution in [-0.4, -0.2) is 29.1 Å². The molecule has 0 saturated heterocycles. The van der Waals surface area contributed by atoms with Crippen LogP contribution in [0.2, 0.25) is 0 Å². The van der Waals surface area contributed by atoms with Crippen LogP contribution in [0.25, 0.3) is 60.8 Å². The number of fused-ring (bicyclic) bond motifs is 6.